The van der Waals surface area contributed by atoms with Crippen LogP contribution in [0.2, 0.25) is 0 Å². The van der Waals surface area contributed by atoms with Gasteiger partial charge in [-0.3, -0.25) is 4.79 Å². The minimum atomic E-state index is -0.253. The van der Waals surface area contributed by atoms with Crippen molar-refractivity contribution in [3.63, 3.8) is 0 Å². The summed E-state index contributed by atoms with van der Waals surface area (Å²) >= 11 is 0. The molecule has 0 atom stereocenters. The van der Waals surface area contributed by atoms with Crippen LogP contribution in [0.25, 0.3) is 0 Å². The molecule has 3 heteroatoms. The van der Waals surface area contributed by atoms with E-state index in [2.05, 4.69) is 54.5 Å². The molecule has 31 heavy (non-hydrogen) atoms. The summed E-state index contributed by atoms with van der Waals surface area (Å²) < 4.78 is 5.47. The van der Waals surface area contributed by atoms with E-state index in [0.29, 0.717) is 12.2 Å². The Morgan fingerprint density at radius 1 is 0.806 bits per heavy atom. The van der Waals surface area contributed by atoms with E-state index in [4.69, 9.17) is 4.74 Å². The Kier molecular flexibility index (Phi) is 11.7. The molecule has 0 aliphatic heterocycles. The number of phenolic OH excluding ortho intramolecular Hbond substituents is 1. The van der Waals surface area contributed by atoms with E-state index in [1.165, 1.54) is 51.4 Å². The smallest absolute Gasteiger partial charge is 0.310 e. The number of rotatable bonds is 13. The number of unbranched alkanes of at least 4 members (excludes halogenated alkanes) is 9. The highest BCUT2D eigenvalue weighted by atomic mass is 16.5. The van der Waals surface area contributed by atoms with Crippen molar-refractivity contribution < 1.29 is 14.6 Å². The zero-order chi connectivity index (χ0) is 23.5. The first-order chi connectivity index (χ1) is 14.5. The van der Waals surface area contributed by atoms with E-state index in [0.717, 1.165) is 24.0 Å². The molecular formula is C28H48O3. The van der Waals surface area contributed by atoms with Crippen molar-refractivity contribution >= 4 is 5.97 Å². The van der Waals surface area contributed by atoms with Crippen molar-refractivity contribution in [2.75, 3.05) is 6.61 Å². The van der Waals surface area contributed by atoms with Crippen LogP contribution in [0.1, 0.15) is 129 Å². The number of carbonyl (C=O) groups is 1. The van der Waals surface area contributed by atoms with Crippen molar-refractivity contribution in [3.8, 4) is 5.75 Å². The van der Waals surface area contributed by atoms with Crippen molar-refractivity contribution in [1.82, 2.24) is 0 Å². The molecule has 0 aromatic heterocycles. The Morgan fingerprint density at radius 3 is 1.81 bits per heavy atom. The maximum absolute atomic E-state index is 12.4. The highest BCUT2D eigenvalue weighted by Gasteiger charge is 2.25. The van der Waals surface area contributed by atoms with Gasteiger partial charge in [-0.25, -0.2) is 0 Å². The van der Waals surface area contributed by atoms with Gasteiger partial charge < -0.3 is 9.84 Å². The van der Waals surface area contributed by atoms with E-state index in [1.807, 2.05) is 6.07 Å². The molecule has 1 aromatic rings. The average Bonchev–Trinajstić information content (AvgIpc) is 2.65. The number of hydrogen-bond acceptors (Lipinski definition) is 3. The predicted octanol–water partition coefficient (Wildman–Crippen LogP) is 7.99. The quantitative estimate of drug-likeness (QED) is 0.254. The second-order valence-corrected chi connectivity index (χ2v) is 11.1. The van der Waals surface area contributed by atoms with E-state index in [1.54, 1.807) is 0 Å². The normalized spacial score (nSPS) is 12.2. The van der Waals surface area contributed by atoms with Crippen LogP contribution in [0.3, 0.4) is 0 Å². The third-order valence-electron chi connectivity index (χ3n) is 5.96. The van der Waals surface area contributed by atoms with Crippen LogP contribution >= 0.6 is 0 Å². The minimum absolute atomic E-state index is 0.0532. The van der Waals surface area contributed by atoms with Gasteiger partial charge in [-0.2, -0.15) is 0 Å². The first-order valence-electron chi connectivity index (χ1n) is 12.5. The molecule has 0 bridgehead atoms. The highest BCUT2D eigenvalue weighted by molar-refractivity contribution is 5.74. The molecule has 1 N–H and O–H groups in total. The van der Waals surface area contributed by atoms with Crippen molar-refractivity contribution in [2.24, 2.45) is 0 Å². The van der Waals surface area contributed by atoms with Gasteiger partial charge >= 0.3 is 5.97 Å². The Labute approximate surface area is 192 Å². The van der Waals surface area contributed by atoms with Gasteiger partial charge in [-0.1, -0.05) is 118 Å². The average molecular weight is 433 g/mol. The number of carbonyl (C=O) groups excluding carboxylic acids is 1. The van der Waals surface area contributed by atoms with Gasteiger partial charge in [0.25, 0.3) is 0 Å². The fourth-order valence-corrected chi connectivity index (χ4v) is 3.82. The summed E-state index contributed by atoms with van der Waals surface area (Å²) in [6, 6.07) is 4.04. The van der Waals surface area contributed by atoms with Crippen molar-refractivity contribution in [2.45, 2.75) is 130 Å². The van der Waals surface area contributed by atoms with E-state index in [-0.39, 0.29) is 29.0 Å². The fraction of sp³-hybridized carbons (Fsp3) is 0.750. The maximum atomic E-state index is 12.4. The summed E-state index contributed by atoms with van der Waals surface area (Å²) in [5.41, 5.74) is 2.44. The molecule has 0 fully saturated rings. The van der Waals surface area contributed by atoms with Gasteiger partial charge in [0.05, 0.1) is 13.0 Å². The molecule has 0 aliphatic rings. The molecule has 0 aliphatic carbocycles. The van der Waals surface area contributed by atoms with Gasteiger partial charge in [0.1, 0.15) is 5.75 Å². The number of aromatic hydroxyl groups is 1. The largest absolute Gasteiger partial charge is 0.507 e. The van der Waals surface area contributed by atoms with Gasteiger partial charge in [0, 0.05) is 5.56 Å². The molecule has 3 nitrogen and oxygen atoms in total. The number of hydrogen-bond donors (Lipinski definition) is 1. The van der Waals surface area contributed by atoms with E-state index >= 15 is 0 Å². The number of phenols is 1. The van der Waals surface area contributed by atoms with Gasteiger partial charge in [-0.15, -0.1) is 0 Å². The molecular weight excluding hydrogens is 384 g/mol. The number of esters is 1. The van der Waals surface area contributed by atoms with Crippen LogP contribution in [0.5, 0.6) is 5.75 Å². The summed E-state index contributed by atoms with van der Waals surface area (Å²) in [5, 5.41) is 10.8. The lowest BCUT2D eigenvalue weighted by Crippen LogP contribution is -2.18. The van der Waals surface area contributed by atoms with Gasteiger partial charge in [0.15, 0.2) is 0 Å². The van der Waals surface area contributed by atoms with Crippen molar-refractivity contribution in [1.29, 1.82) is 0 Å². The van der Waals surface area contributed by atoms with Crippen LogP contribution in [0.15, 0.2) is 12.1 Å². The highest BCUT2D eigenvalue weighted by Crippen LogP contribution is 2.37. The molecule has 0 spiro atoms. The lowest BCUT2D eigenvalue weighted by molar-refractivity contribution is -0.143. The predicted molar refractivity (Wildman–Crippen MR) is 132 cm³/mol. The third-order valence-corrected chi connectivity index (χ3v) is 5.96. The summed E-state index contributed by atoms with van der Waals surface area (Å²) in [7, 11) is 0. The molecule has 0 amide bonds. The summed E-state index contributed by atoms with van der Waals surface area (Å²) in [5.74, 6) is -0.0199. The molecule has 0 unspecified atom stereocenters. The van der Waals surface area contributed by atoms with Crippen LogP contribution in [0, 0.1) is 0 Å². The number of ether oxygens (including phenoxy) is 1. The third kappa shape index (κ3) is 10.6. The summed E-state index contributed by atoms with van der Waals surface area (Å²) in [6.07, 6.45) is 12.7. The van der Waals surface area contributed by atoms with Crippen LogP contribution in [-0.4, -0.2) is 17.7 Å². The van der Waals surface area contributed by atoms with Crippen molar-refractivity contribution in [3.05, 3.63) is 28.8 Å². The van der Waals surface area contributed by atoms with Crippen LogP contribution in [0.4, 0.5) is 0 Å². The Bertz CT molecular complexity index is 662. The van der Waals surface area contributed by atoms with Gasteiger partial charge in [0.2, 0.25) is 0 Å². The zero-order valence-electron chi connectivity index (χ0n) is 21.4. The van der Waals surface area contributed by atoms with Gasteiger partial charge in [-0.05, 0) is 28.4 Å². The topological polar surface area (TPSA) is 46.5 Å². The second-order valence-electron chi connectivity index (χ2n) is 11.1. The first kappa shape index (κ1) is 27.5. The molecule has 0 saturated heterocycles. The Hall–Kier alpha value is -1.51. The van der Waals surface area contributed by atoms with Crippen LogP contribution < -0.4 is 0 Å². The molecule has 1 rings (SSSR count). The molecule has 0 radical (unpaired) electrons. The van der Waals surface area contributed by atoms with E-state index in [9.17, 15) is 9.90 Å². The standard InChI is InChI=1S/C28H48O3/c1-8-9-10-11-12-13-14-15-16-17-18-31-25(29)20-22-19-23(27(2,3)4)21-24(26(22)30)28(5,6)7/h19,21,30H,8-18,20H2,1-7H3. The molecule has 0 saturated carbocycles. The van der Waals surface area contributed by atoms with Crippen LogP contribution in [-0.2, 0) is 26.8 Å². The lowest BCUT2D eigenvalue weighted by Gasteiger charge is -2.27. The first-order valence-corrected chi connectivity index (χ1v) is 12.5. The minimum Gasteiger partial charge on any atom is -0.507 e. The summed E-state index contributed by atoms with van der Waals surface area (Å²) in [6.45, 7) is 15.4. The second kappa shape index (κ2) is 13.1. The Morgan fingerprint density at radius 2 is 1.32 bits per heavy atom. The van der Waals surface area contributed by atoms with E-state index < -0.39 is 0 Å². The maximum Gasteiger partial charge on any atom is 0.310 e. The molecule has 178 valence electrons. The number of benzene rings is 1. The lowest BCUT2D eigenvalue weighted by atomic mass is 9.78. The molecule has 1 aromatic carbocycles. The molecule has 0 heterocycles. The monoisotopic (exact) mass is 432 g/mol. The Balaban J connectivity index is 2.46. The summed E-state index contributed by atoms with van der Waals surface area (Å²) in [4.78, 5) is 12.4. The zero-order valence-corrected chi connectivity index (χ0v) is 21.4. The SMILES string of the molecule is CCCCCCCCCCCCOC(=O)Cc1cc(C(C)(C)C)cc(C(C)(C)C)c1O. The fourth-order valence-electron chi connectivity index (χ4n) is 3.82.